The van der Waals surface area contributed by atoms with E-state index in [1.165, 1.54) is 38.5 Å². The molecule has 0 aromatic rings. The van der Waals surface area contributed by atoms with Gasteiger partial charge in [-0.3, -0.25) is 4.79 Å². The van der Waals surface area contributed by atoms with E-state index in [9.17, 15) is 4.79 Å². The molecule has 2 heteroatoms. The molecule has 0 radical (unpaired) electrons. The highest BCUT2D eigenvalue weighted by molar-refractivity contribution is 5.78. The van der Waals surface area contributed by atoms with Crippen molar-refractivity contribution in [1.29, 1.82) is 0 Å². The zero-order chi connectivity index (χ0) is 15.9. The first-order chi connectivity index (χ1) is 11.0. The summed E-state index contributed by atoms with van der Waals surface area (Å²) in [7, 11) is 0. The molecule has 6 saturated carbocycles. The van der Waals surface area contributed by atoms with E-state index in [1.807, 2.05) is 0 Å². The van der Waals surface area contributed by atoms with Crippen LogP contribution in [0, 0.1) is 52.8 Å². The molecule has 128 valence electrons. The fraction of sp³-hybridized carbons (Fsp3) is 0.952. The van der Waals surface area contributed by atoms with Crippen molar-refractivity contribution in [1.82, 2.24) is 0 Å². The lowest BCUT2D eigenvalue weighted by Crippen LogP contribution is -2.56. The van der Waals surface area contributed by atoms with Gasteiger partial charge in [0, 0.05) is 0 Å². The summed E-state index contributed by atoms with van der Waals surface area (Å²) >= 11 is 0. The lowest BCUT2D eigenvalue weighted by atomic mass is 9.46. The molecule has 0 spiro atoms. The lowest BCUT2D eigenvalue weighted by Gasteiger charge is -2.58. The van der Waals surface area contributed by atoms with E-state index in [2.05, 4.69) is 20.8 Å². The summed E-state index contributed by atoms with van der Waals surface area (Å²) in [6, 6.07) is 0. The minimum absolute atomic E-state index is 0.163. The Morgan fingerprint density at radius 3 is 2.00 bits per heavy atom. The van der Waals surface area contributed by atoms with Crippen LogP contribution in [0.4, 0.5) is 0 Å². The average Bonchev–Trinajstić information content (AvgIpc) is 3.04. The molecular weight excluding hydrogens is 284 g/mol. The van der Waals surface area contributed by atoms with Crippen LogP contribution in [-0.4, -0.2) is 12.1 Å². The molecule has 6 bridgehead atoms. The van der Waals surface area contributed by atoms with Crippen LogP contribution in [0.2, 0.25) is 0 Å². The Kier molecular flexibility index (Phi) is 3.06. The molecule has 0 aromatic heterocycles. The first-order valence-corrected chi connectivity index (χ1v) is 10.2. The molecule has 23 heavy (non-hydrogen) atoms. The van der Waals surface area contributed by atoms with Gasteiger partial charge in [-0.2, -0.15) is 0 Å². The van der Waals surface area contributed by atoms with E-state index in [1.54, 1.807) is 0 Å². The predicted molar refractivity (Wildman–Crippen MR) is 89.6 cm³/mol. The minimum atomic E-state index is -0.163. The maximum absolute atomic E-state index is 13.3. The Bertz CT molecular complexity index is 494. The third-order valence-corrected chi connectivity index (χ3v) is 9.37. The van der Waals surface area contributed by atoms with Crippen LogP contribution in [0.1, 0.15) is 65.7 Å². The van der Waals surface area contributed by atoms with Gasteiger partial charge in [-0.1, -0.05) is 13.8 Å². The van der Waals surface area contributed by atoms with Gasteiger partial charge in [-0.15, -0.1) is 0 Å². The smallest absolute Gasteiger partial charge is 0.312 e. The monoisotopic (exact) mass is 316 g/mol. The van der Waals surface area contributed by atoms with Gasteiger partial charge in [0.2, 0.25) is 0 Å². The van der Waals surface area contributed by atoms with Crippen molar-refractivity contribution in [2.75, 3.05) is 0 Å². The Labute approximate surface area is 140 Å². The molecule has 2 nitrogen and oxygen atoms in total. The topological polar surface area (TPSA) is 26.3 Å². The molecule has 5 atom stereocenters. The van der Waals surface area contributed by atoms with Gasteiger partial charge in [0.1, 0.15) is 6.10 Å². The van der Waals surface area contributed by atoms with E-state index >= 15 is 0 Å². The highest BCUT2D eigenvalue weighted by atomic mass is 16.5. The Balaban J connectivity index is 1.33. The Morgan fingerprint density at radius 2 is 1.48 bits per heavy atom. The van der Waals surface area contributed by atoms with Gasteiger partial charge >= 0.3 is 5.97 Å². The van der Waals surface area contributed by atoms with Crippen molar-refractivity contribution in [3.05, 3.63) is 0 Å². The molecule has 6 aliphatic carbocycles. The molecule has 5 unspecified atom stereocenters. The number of carbonyl (C=O) groups excluding carboxylic acids is 1. The quantitative estimate of drug-likeness (QED) is 0.692. The first-order valence-electron chi connectivity index (χ1n) is 10.2. The summed E-state index contributed by atoms with van der Waals surface area (Å²) in [5.41, 5.74) is -0.163. The average molecular weight is 316 g/mol. The van der Waals surface area contributed by atoms with Crippen LogP contribution in [0.3, 0.4) is 0 Å². The van der Waals surface area contributed by atoms with E-state index in [-0.39, 0.29) is 17.5 Å². The van der Waals surface area contributed by atoms with E-state index in [0.717, 1.165) is 36.0 Å². The second-order valence-electron chi connectivity index (χ2n) is 10.1. The first kappa shape index (κ1) is 14.8. The highest BCUT2D eigenvalue weighted by Gasteiger charge is 2.60. The van der Waals surface area contributed by atoms with Crippen molar-refractivity contribution in [3.63, 3.8) is 0 Å². The summed E-state index contributed by atoms with van der Waals surface area (Å²) in [6.07, 6.45) is 9.29. The molecule has 0 N–H and O–H groups in total. The zero-order valence-corrected chi connectivity index (χ0v) is 15.0. The highest BCUT2D eigenvalue weighted by Crippen LogP contribution is 2.63. The van der Waals surface area contributed by atoms with Crippen LogP contribution in [0.25, 0.3) is 0 Å². The van der Waals surface area contributed by atoms with Crippen LogP contribution >= 0.6 is 0 Å². The predicted octanol–water partition coefficient (Wildman–Crippen LogP) is 4.67. The maximum Gasteiger partial charge on any atom is 0.312 e. The van der Waals surface area contributed by atoms with E-state index in [0.29, 0.717) is 17.8 Å². The van der Waals surface area contributed by atoms with E-state index in [4.69, 9.17) is 4.74 Å². The number of hydrogen-bond acceptors (Lipinski definition) is 2. The van der Waals surface area contributed by atoms with Gasteiger partial charge < -0.3 is 4.74 Å². The van der Waals surface area contributed by atoms with Crippen molar-refractivity contribution in [3.8, 4) is 0 Å². The van der Waals surface area contributed by atoms with Gasteiger partial charge in [0.05, 0.1) is 5.41 Å². The minimum Gasteiger partial charge on any atom is -0.462 e. The number of rotatable bonds is 2. The second-order valence-corrected chi connectivity index (χ2v) is 10.1. The molecule has 0 heterocycles. The number of hydrogen-bond donors (Lipinski definition) is 0. The zero-order valence-electron chi connectivity index (χ0n) is 15.0. The Hall–Kier alpha value is -0.530. The van der Waals surface area contributed by atoms with E-state index < -0.39 is 0 Å². The number of esters is 1. The third-order valence-electron chi connectivity index (χ3n) is 9.37. The van der Waals surface area contributed by atoms with Crippen molar-refractivity contribution in [2.45, 2.75) is 71.8 Å². The molecule has 0 aromatic carbocycles. The molecule has 6 fully saturated rings. The van der Waals surface area contributed by atoms with Crippen molar-refractivity contribution in [2.24, 2.45) is 52.8 Å². The molecule has 0 saturated heterocycles. The van der Waals surface area contributed by atoms with Crippen LogP contribution in [0.5, 0.6) is 0 Å². The summed E-state index contributed by atoms with van der Waals surface area (Å²) < 4.78 is 6.25. The fourth-order valence-electron chi connectivity index (χ4n) is 7.77. The van der Waals surface area contributed by atoms with Crippen LogP contribution < -0.4 is 0 Å². The number of ether oxygens (including phenoxy) is 1. The van der Waals surface area contributed by atoms with Crippen LogP contribution in [0.15, 0.2) is 0 Å². The summed E-state index contributed by atoms with van der Waals surface area (Å²) in [4.78, 5) is 13.3. The number of fused-ring (bicyclic) bond motifs is 2. The second kappa shape index (κ2) is 4.76. The summed E-state index contributed by atoms with van der Waals surface area (Å²) in [5, 5.41) is 0. The van der Waals surface area contributed by atoms with Crippen molar-refractivity contribution >= 4 is 5.97 Å². The fourth-order valence-corrected chi connectivity index (χ4v) is 7.77. The van der Waals surface area contributed by atoms with Crippen molar-refractivity contribution < 1.29 is 9.53 Å². The maximum atomic E-state index is 13.3. The van der Waals surface area contributed by atoms with Gasteiger partial charge in [0.25, 0.3) is 0 Å². The van der Waals surface area contributed by atoms with Gasteiger partial charge in [-0.25, -0.2) is 0 Å². The number of carbonyl (C=O) groups is 1. The van der Waals surface area contributed by atoms with Gasteiger partial charge in [-0.05, 0) is 99.2 Å². The molecule has 6 aliphatic rings. The summed E-state index contributed by atoms with van der Waals surface area (Å²) in [6.45, 7) is 7.04. The molecule has 0 aliphatic heterocycles. The molecule has 0 amide bonds. The SMILES string of the molecule is CC1C2CC(OC(=O)C3(C)C4CC5CC(C4)CC3C5)C(C2)C1C. The van der Waals surface area contributed by atoms with Gasteiger partial charge in [0.15, 0.2) is 0 Å². The lowest BCUT2D eigenvalue weighted by molar-refractivity contribution is -0.189. The normalized spacial score (nSPS) is 59.5. The molecule has 6 rings (SSSR count). The standard InChI is InChI=1S/C21H32O2/c1-11-12(2)18-9-15(11)10-19(18)23-20(22)21(3)16-5-13-4-14(7-16)8-17(21)6-13/h11-19H,4-10H2,1-3H3. The third kappa shape index (κ3) is 1.90. The van der Waals surface area contributed by atoms with Crippen LogP contribution in [-0.2, 0) is 9.53 Å². The largest absolute Gasteiger partial charge is 0.462 e. The summed E-state index contributed by atoms with van der Waals surface area (Å²) in [5.74, 6) is 6.25. The molecular formula is C21H32O2. The Morgan fingerprint density at radius 1 is 0.870 bits per heavy atom.